The highest BCUT2D eigenvalue weighted by atomic mass is 79.9. The molecule has 1 N–H and O–H groups in total. The van der Waals surface area contributed by atoms with Gasteiger partial charge in [-0.15, -0.1) is 11.3 Å². The Labute approximate surface area is 116 Å². The Morgan fingerprint density at radius 3 is 3.00 bits per heavy atom. The highest BCUT2D eigenvalue weighted by Crippen LogP contribution is 2.29. The second-order valence-corrected chi connectivity index (χ2v) is 7.64. The number of nitrogens with zero attached hydrogens (tertiary/aromatic N) is 1. The average Bonchev–Trinajstić information content (AvgIpc) is 3.00. The van der Waals surface area contributed by atoms with Gasteiger partial charge < -0.3 is 5.32 Å². The number of hydrogen-bond acceptors (Lipinski definition) is 3. The normalized spacial score (nSPS) is 30.2. The molecule has 94 valence electrons. The molecule has 2 aliphatic heterocycles. The Kier molecular flexibility index (Phi) is 3.85. The minimum atomic E-state index is 0.751. The molecule has 1 aromatic heterocycles. The average molecular weight is 315 g/mol. The second kappa shape index (κ2) is 5.39. The van der Waals surface area contributed by atoms with Gasteiger partial charge in [-0.25, -0.2) is 0 Å². The minimum absolute atomic E-state index is 0.751. The van der Waals surface area contributed by atoms with Gasteiger partial charge in [0.25, 0.3) is 0 Å². The summed E-state index contributed by atoms with van der Waals surface area (Å²) in [6.45, 7) is 3.64. The van der Waals surface area contributed by atoms with Gasteiger partial charge in [-0.3, -0.25) is 4.90 Å². The molecule has 2 saturated heterocycles. The van der Waals surface area contributed by atoms with E-state index in [1.807, 2.05) is 11.3 Å². The molecule has 0 aliphatic carbocycles. The van der Waals surface area contributed by atoms with Crippen LogP contribution in [0.4, 0.5) is 0 Å². The lowest BCUT2D eigenvalue weighted by Crippen LogP contribution is -2.43. The largest absolute Gasteiger partial charge is 0.312 e. The maximum absolute atomic E-state index is 3.67. The first-order chi connectivity index (χ1) is 8.33. The van der Waals surface area contributed by atoms with Crippen LogP contribution in [0, 0.1) is 0 Å². The van der Waals surface area contributed by atoms with Gasteiger partial charge in [-0.05, 0) is 66.8 Å². The molecule has 4 heteroatoms. The predicted molar refractivity (Wildman–Crippen MR) is 76.5 cm³/mol. The highest BCUT2D eigenvalue weighted by molar-refractivity contribution is 9.11. The van der Waals surface area contributed by atoms with Crippen LogP contribution in [0.25, 0.3) is 0 Å². The smallest absolute Gasteiger partial charge is 0.0701 e. The molecule has 2 nitrogen and oxygen atoms in total. The summed E-state index contributed by atoms with van der Waals surface area (Å²) < 4.78 is 1.25. The quantitative estimate of drug-likeness (QED) is 0.921. The summed E-state index contributed by atoms with van der Waals surface area (Å²) in [6.07, 6.45) is 5.48. The first-order valence-corrected chi connectivity index (χ1v) is 8.15. The number of hydrogen-bond donors (Lipinski definition) is 1. The van der Waals surface area contributed by atoms with E-state index in [-0.39, 0.29) is 0 Å². The molecule has 2 aliphatic rings. The van der Waals surface area contributed by atoms with E-state index in [1.54, 1.807) is 0 Å². The summed E-state index contributed by atoms with van der Waals surface area (Å²) in [5.74, 6) is 0. The lowest BCUT2D eigenvalue weighted by atomic mass is 10.0. The third kappa shape index (κ3) is 2.75. The van der Waals surface area contributed by atoms with Crippen molar-refractivity contribution in [1.29, 1.82) is 0 Å². The van der Waals surface area contributed by atoms with Crippen LogP contribution in [-0.2, 0) is 6.54 Å². The monoisotopic (exact) mass is 314 g/mol. The molecule has 0 saturated carbocycles. The first-order valence-electron chi connectivity index (χ1n) is 6.54. The molecule has 17 heavy (non-hydrogen) atoms. The molecule has 1 aromatic rings. The molecule has 3 heterocycles. The maximum atomic E-state index is 3.67. The van der Waals surface area contributed by atoms with Gasteiger partial charge in [0, 0.05) is 23.5 Å². The van der Waals surface area contributed by atoms with Crippen LogP contribution in [0.5, 0.6) is 0 Å². The van der Waals surface area contributed by atoms with Gasteiger partial charge in [0.15, 0.2) is 0 Å². The van der Waals surface area contributed by atoms with Crippen molar-refractivity contribution < 1.29 is 0 Å². The molecule has 3 rings (SSSR count). The van der Waals surface area contributed by atoms with Gasteiger partial charge in [-0.2, -0.15) is 0 Å². The zero-order valence-corrected chi connectivity index (χ0v) is 12.4. The van der Waals surface area contributed by atoms with Crippen molar-refractivity contribution in [2.45, 2.75) is 44.3 Å². The Hall–Kier alpha value is 0.1000. The van der Waals surface area contributed by atoms with Crippen LogP contribution >= 0.6 is 27.3 Å². The van der Waals surface area contributed by atoms with Gasteiger partial charge >= 0.3 is 0 Å². The summed E-state index contributed by atoms with van der Waals surface area (Å²) in [4.78, 5) is 4.17. The second-order valence-electron chi connectivity index (χ2n) is 5.09. The Morgan fingerprint density at radius 1 is 1.35 bits per heavy atom. The Bertz CT molecular complexity index is 373. The van der Waals surface area contributed by atoms with E-state index < -0.39 is 0 Å². The molecular weight excluding hydrogens is 296 g/mol. The van der Waals surface area contributed by atoms with Crippen LogP contribution in [0.3, 0.4) is 0 Å². The molecule has 2 atom stereocenters. The van der Waals surface area contributed by atoms with Crippen LogP contribution < -0.4 is 5.32 Å². The fourth-order valence-electron chi connectivity index (χ4n) is 3.18. The lowest BCUT2D eigenvalue weighted by Gasteiger charge is -2.29. The van der Waals surface area contributed by atoms with Crippen molar-refractivity contribution >= 4 is 27.3 Å². The number of rotatable bonds is 3. The van der Waals surface area contributed by atoms with E-state index in [9.17, 15) is 0 Å². The number of halogens is 1. The molecule has 0 spiro atoms. The highest BCUT2D eigenvalue weighted by Gasteiger charge is 2.33. The van der Waals surface area contributed by atoms with Gasteiger partial charge in [0.1, 0.15) is 0 Å². The van der Waals surface area contributed by atoms with E-state index in [0.29, 0.717) is 0 Å². The fourth-order valence-corrected chi connectivity index (χ4v) is 4.69. The predicted octanol–water partition coefficient (Wildman–Crippen LogP) is 3.23. The number of thiophene rings is 1. The van der Waals surface area contributed by atoms with Crippen molar-refractivity contribution in [3.63, 3.8) is 0 Å². The topological polar surface area (TPSA) is 15.3 Å². The third-order valence-electron chi connectivity index (χ3n) is 3.96. The van der Waals surface area contributed by atoms with E-state index in [2.05, 4.69) is 38.3 Å². The number of likely N-dealkylation sites (tertiary alicyclic amines) is 1. The summed E-state index contributed by atoms with van der Waals surface area (Å²) in [7, 11) is 0. The van der Waals surface area contributed by atoms with Crippen LogP contribution in [0.15, 0.2) is 15.9 Å². The molecule has 2 unspecified atom stereocenters. The lowest BCUT2D eigenvalue weighted by molar-refractivity contribution is 0.208. The first kappa shape index (κ1) is 12.2. The molecule has 0 amide bonds. The standard InChI is InChI=1S/C13H19BrN2S/c14-13-6-5-10(17-13)9-16-8-2-4-12(16)11-3-1-7-15-11/h5-6,11-12,15H,1-4,7-9H2. The van der Waals surface area contributed by atoms with Crippen molar-refractivity contribution in [2.75, 3.05) is 13.1 Å². The van der Waals surface area contributed by atoms with Crippen molar-refractivity contribution in [3.8, 4) is 0 Å². The van der Waals surface area contributed by atoms with E-state index in [1.165, 1.54) is 47.4 Å². The van der Waals surface area contributed by atoms with Gasteiger partial charge in [0.2, 0.25) is 0 Å². The maximum Gasteiger partial charge on any atom is 0.0701 e. The van der Waals surface area contributed by atoms with Gasteiger partial charge in [-0.1, -0.05) is 0 Å². The molecule has 0 radical (unpaired) electrons. The zero-order chi connectivity index (χ0) is 11.7. The summed E-state index contributed by atoms with van der Waals surface area (Å²) in [5, 5.41) is 3.67. The van der Waals surface area contributed by atoms with Crippen molar-refractivity contribution in [2.24, 2.45) is 0 Å². The summed E-state index contributed by atoms with van der Waals surface area (Å²) in [5.41, 5.74) is 0. The number of nitrogens with one attached hydrogen (secondary N) is 1. The summed E-state index contributed by atoms with van der Waals surface area (Å²) >= 11 is 5.42. The van der Waals surface area contributed by atoms with Crippen LogP contribution in [0.1, 0.15) is 30.6 Å². The molecule has 2 fully saturated rings. The van der Waals surface area contributed by atoms with Crippen molar-refractivity contribution in [1.82, 2.24) is 10.2 Å². The summed E-state index contributed by atoms with van der Waals surface area (Å²) in [6, 6.07) is 5.95. The van der Waals surface area contributed by atoms with E-state index >= 15 is 0 Å². The minimum Gasteiger partial charge on any atom is -0.312 e. The molecule has 0 aromatic carbocycles. The molecule has 0 bridgehead atoms. The van der Waals surface area contributed by atoms with E-state index in [4.69, 9.17) is 0 Å². The third-order valence-corrected chi connectivity index (χ3v) is 5.57. The van der Waals surface area contributed by atoms with Crippen LogP contribution in [0.2, 0.25) is 0 Å². The van der Waals surface area contributed by atoms with Crippen LogP contribution in [-0.4, -0.2) is 30.1 Å². The SMILES string of the molecule is Brc1ccc(CN2CCCC2C2CCCN2)s1. The Balaban J connectivity index is 1.65. The van der Waals surface area contributed by atoms with Gasteiger partial charge in [0.05, 0.1) is 3.79 Å². The Morgan fingerprint density at radius 2 is 2.29 bits per heavy atom. The zero-order valence-electron chi connectivity index (χ0n) is 9.99. The molecular formula is C13H19BrN2S. The fraction of sp³-hybridized carbons (Fsp3) is 0.692. The van der Waals surface area contributed by atoms with E-state index in [0.717, 1.165) is 18.6 Å². The van der Waals surface area contributed by atoms with Crippen molar-refractivity contribution in [3.05, 3.63) is 20.8 Å².